The quantitative estimate of drug-likeness (QED) is 0.0525. The summed E-state index contributed by atoms with van der Waals surface area (Å²) in [6, 6.07) is 5.83. The third-order valence-corrected chi connectivity index (χ3v) is 8.16. The molecule has 0 spiro atoms. The van der Waals surface area contributed by atoms with Gasteiger partial charge in [-0.05, 0) is 68.4 Å². The lowest BCUT2D eigenvalue weighted by Crippen LogP contribution is -2.39. The van der Waals surface area contributed by atoms with Crippen LogP contribution in [-0.4, -0.2) is 51.2 Å². The summed E-state index contributed by atoms with van der Waals surface area (Å²) < 4.78 is 5.26. The van der Waals surface area contributed by atoms with Crippen LogP contribution < -0.4 is 5.32 Å². The summed E-state index contributed by atoms with van der Waals surface area (Å²) >= 11 is 0. The Morgan fingerprint density at radius 3 is 2.30 bits per heavy atom. The topological polar surface area (TPSA) is 165 Å². The summed E-state index contributed by atoms with van der Waals surface area (Å²) in [7, 11) is 0. The lowest BCUT2D eigenvalue weighted by Gasteiger charge is -2.22. The van der Waals surface area contributed by atoms with Crippen LogP contribution in [0.3, 0.4) is 0 Å². The standard InChI is InChI=1S/C33H50N2O9/c1-3-4-5-6-9-12-27(36)19-20-29-28(30(37)21-31(29)38)13-10-7-8-11-14-32(39)34-24(2)33(40)43-22-25-15-17-26(18-16-25)23-44-35(41)42/h7,10,15-18,24,28-31,37-38H,3-6,8-9,11-14,19-23H2,1-2H3,(H,34,39)/b10-7-/t24?,28-,29-,30+,31-/m1/s1. The van der Waals surface area contributed by atoms with Gasteiger partial charge in [-0.15, -0.1) is 10.1 Å². The number of amides is 1. The number of ether oxygens (including phenoxy) is 1. The SMILES string of the molecule is CCCCCCCC(=O)CC[C@@H]1[C@@H](C/C=C\CCCC(=O)NC(C)C(=O)OCc2ccc(CO[N+](=O)[O-])cc2)[C@@H](O)C[C@H]1O. The second kappa shape index (κ2) is 20.6. The lowest BCUT2D eigenvalue weighted by molar-refractivity contribution is -0.763. The monoisotopic (exact) mass is 618 g/mol. The summed E-state index contributed by atoms with van der Waals surface area (Å²) in [5.74, 6) is -0.781. The van der Waals surface area contributed by atoms with Crippen LogP contribution in [0, 0.1) is 22.0 Å². The number of hydrogen-bond donors (Lipinski definition) is 3. The highest BCUT2D eigenvalue weighted by atomic mass is 16.9. The molecule has 1 aromatic carbocycles. The van der Waals surface area contributed by atoms with Crippen molar-refractivity contribution < 1.29 is 39.3 Å². The number of carbonyl (C=O) groups excluding carboxylic acids is 3. The van der Waals surface area contributed by atoms with Gasteiger partial charge in [-0.2, -0.15) is 0 Å². The number of aliphatic hydroxyl groups excluding tert-OH is 2. The molecule has 1 aliphatic rings. The van der Waals surface area contributed by atoms with Crippen molar-refractivity contribution >= 4 is 17.7 Å². The van der Waals surface area contributed by atoms with Crippen LogP contribution in [0.15, 0.2) is 36.4 Å². The molecule has 2 rings (SSSR count). The fourth-order valence-electron chi connectivity index (χ4n) is 5.55. The summed E-state index contributed by atoms with van der Waals surface area (Å²) in [5.41, 5.74) is 1.30. The van der Waals surface area contributed by atoms with Crippen molar-refractivity contribution in [1.82, 2.24) is 5.32 Å². The van der Waals surface area contributed by atoms with Gasteiger partial charge in [0.25, 0.3) is 5.09 Å². The van der Waals surface area contributed by atoms with Crippen LogP contribution in [0.25, 0.3) is 0 Å². The highest BCUT2D eigenvalue weighted by Crippen LogP contribution is 2.38. The molecule has 1 aliphatic carbocycles. The van der Waals surface area contributed by atoms with Crippen molar-refractivity contribution in [2.24, 2.45) is 11.8 Å². The highest BCUT2D eigenvalue weighted by Gasteiger charge is 2.40. The summed E-state index contributed by atoms with van der Waals surface area (Å²) in [4.78, 5) is 51.5. The van der Waals surface area contributed by atoms with E-state index in [1.807, 2.05) is 12.2 Å². The zero-order chi connectivity index (χ0) is 32.3. The summed E-state index contributed by atoms with van der Waals surface area (Å²) in [6.45, 7) is 3.56. The molecule has 246 valence electrons. The smallest absolute Gasteiger partial charge is 0.328 e. The van der Waals surface area contributed by atoms with E-state index in [9.17, 15) is 34.7 Å². The highest BCUT2D eigenvalue weighted by molar-refractivity contribution is 5.84. The van der Waals surface area contributed by atoms with Crippen molar-refractivity contribution in [3.8, 4) is 0 Å². The largest absolute Gasteiger partial charge is 0.459 e. The van der Waals surface area contributed by atoms with Gasteiger partial charge >= 0.3 is 5.97 Å². The molecule has 0 aromatic heterocycles. The summed E-state index contributed by atoms with van der Waals surface area (Å²) in [6.07, 6.45) is 12.4. The molecule has 1 unspecified atom stereocenters. The molecule has 5 atom stereocenters. The van der Waals surface area contributed by atoms with Crippen LogP contribution in [-0.2, 0) is 37.2 Å². The maximum absolute atomic E-state index is 12.3. The normalized spacial score (nSPS) is 20.4. The molecule has 3 N–H and O–H groups in total. The minimum Gasteiger partial charge on any atom is -0.459 e. The van der Waals surface area contributed by atoms with Gasteiger partial charge in [0.1, 0.15) is 25.0 Å². The van der Waals surface area contributed by atoms with Gasteiger partial charge in [-0.3, -0.25) is 9.59 Å². The lowest BCUT2D eigenvalue weighted by atomic mass is 9.86. The fourth-order valence-corrected chi connectivity index (χ4v) is 5.55. The first-order valence-electron chi connectivity index (χ1n) is 15.9. The molecule has 0 radical (unpaired) electrons. The van der Waals surface area contributed by atoms with E-state index in [0.717, 1.165) is 19.3 Å². The molecule has 11 nitrogen and oxygen atoms in total. The minimum atomic E-state index is -0.864. The van der Waals surface area contributed by atoms with E-state index in [4.69, 9.17) is 4.74 Å². The molecule has 1 saturated carbocycles. The molecular weight excluding hydrogens is 568 g/mol. The van der Waals surface area contributed by atoms with E-state index >= 15 is 0 Å². The number of benzene rings is 1. The number of rotatable bonds is 22. The molecule has 44 heavy (non-hydrogen) atoms. The Morgan fingerprint density at radius 2 is 1.61 bits per heavy atom. The Labute approximate surface area is 260 Å². The Balaban J connectivity index is 1.63. The number of allylic oxidation sites excluding steroid dienone is 2. The number of hydrogen-bond acceptors (Lipinski definition) is 9. The minimum absolute atomic E-state index is 0.00320. The predicted octanol–water partition coefficient (Wildman–Crippen LogP) is 5.13. The Bertz CT molecular complexity index is 1060. The molecule has 0 saturated heterocycles. The van der Waals surface area contributed by atoms with E-state index in [1.165, 1.54) is 12.8 Å². The molecule has 1 amide bonds. The maximum Gasteiger partial charge on any atom is 0.328 e. The molecule has 11 heteroatoms. The van der Waals surface area contributed by atoms with Crippen LogP contribution in [0.4, 0.5) is 0 Å². The number of carbonyl (C=O) groups is 3. The summed E-state index contributed by atoms with van der Waals surface area (Å²) in [5, 5.41) is 33.0. The Morgan fingerprint density at radius 1 is 0.955 bits per heavy atom. The maximum atomic E-state index is 12.3. The van der Waals surface area contributed by atoms with Crippen LogP contribution in [0.1, 0.15) is 108 Å². The van der Waals surface area contributed by atoms with Crippen LogP contribution in [0.2, 0.25) is 0 Å². The number of ketones is 1. The number of nitrogens with zero attached hydrogens (tertiary/aromatic N) is 1. The van der Waals surface area contributed by atoms with Crippen molar-refractivity contribution in [2.45, 2.75) is 129 Å². The van der Waals surface area contributed by atoms with E-state index in [1.54, 1.807) is 31.2 Å². The van der Waals surface area contributed by atoms with Gasteiger partial charge in [-0.1, -0.05) is 69.0 Å². The number of nitrogens with one attached hydrogen (secondary N) is 1. The van der Waals surface area contributed by atoms with E-state index in [0.29, 0.717) is 56.1 Å². The Hall–Kier alpha value is -3.31. The number of esters is 1. The van der Waals surface area contributed by atoms with Crippen LogP contribution in [0.5, 0.6) is 0 Å². The second-order valence-electron chi connectivity index (χ2n) is 11.7. The van der Waals surface area contributed by atoms with E-state index in [2.05, 4.69) is 17.1 Å². The van der Waals surface area contributed by atoms with Crippen molar-refractivity contribution in [2.75, 3.05) is 0 Å². The van der Waals surface area contributed by atoms with Gasteiger partial charge in [0, 0.05) is 19.3 Å². The number of Topliss-reactive ketones (excluding diaryl/α,β-unsaturated/α-hetero) is 1. The molecule has 0 bridgehead atoms. The number of aliphatic hydroxyl groups is 2. The van der Waals surface area contributed by atoms with Crippen molar-refractivity contribution in [1.29, 1.82) is 0 Å². The zero-order valence-electron chi connectivity index (χ0n) is 26.2. The van der Waals surface area contributed by atoms with Gasteiger partial charge in [0.15, 0.2) is 0 Å². The Kier molecular flexibility index (Phi) is 17.3. The van der Waals surface area contributed by atoms with Gasteiger partial charge in [0.05, 0.1) is 12.2 Å². The van der Waals surface area contributed by atoms with Crippen molar-refractivity contribution in [3.05, 3.63) is 57.7 Å². The van der Waals surface area contributed by atoms with Crippen molar-refractivity contribution in [3.63, 3.8) is 0 Å². The first-order valence-corrected chi connectivity index (χ1v) is 15.9. The van der Waals surface area contributed by atoms with Crippen LogP contribution >= 0.6 is 0 Å². The number of unbranched alkanes of at least 4 members (excludes halogenated alkanes) is 5. The first kappa shape index (κ1) is 36.9. The third kappa shape index (κ3) is 14.4. The van der Waals surface area contributed by atoms with E-state index < -0.39 is 29.3 Å². The molecule has 0 aliphatic heterocycles. The molecular formula is C33H50N2O9. The van der Waals surface area contributed by atoms with E-state index in [-0.39, 0.29) is 43.2 Å². The zero-order valence-corrected chi connectivity index (χ0v) is 26.2. The molecule has 1 aromatic rings. The second-order valence-corrected chi connectivity index (χ2v) is 11.7. The molecule has 1 fully saturated rings. The van der Waals surface area contributed by atoms with Gasteiger partial charge in [-0.25, -0.2) is 4.79 Å². The fraction of sp³-hybridized carbons (Fsp3) is 0.667. The van der Waals surface area contributed by atoms with Gasteiger partial charge < -0.3 is 25.1 Å². The molecule has 0 heterocycles. The average molecular weight is 619 g/mol. The van der Waals surface area contributed by atoms with Gasteiger partial charge in [0.2, 0.25) is 5.91 Å². The first-order chi connectivity index (χ1) is 21.1. The predicted molar refractivity (Wildman–Crippen MR) is 164 cm³/mol. The third-order valence-electron chi connectivity index (χ3n) is 8.16. The average Bonchev–Trinajstić information content (AvgIpc) is 3.26.